The van der Waals surface area contributed by atoms with Gasteiger partial charge in [0.15, 0.2) is 5.76 Å². The molecule has 0 saturated carbocycles. The molecule has 11 heteroatoms. The van der Waals surface area contributed by atoms with Crippen LogP contribution in [0.4, 0.5) is 13.2 Å². The van der Waals surface area contributed by atoms with E-state index in [1.807, 2.05) is 24.3 Å². The summed E-state index contributed by atoms with van der Waals surface area (Å²) in [6, 6.07) is 3.50. The molecule has 2 fully saturated rings. The highest BCUT2D eigenvalue weighted by molar-refractivity contribution is 5.91. The average molecular weight is 414 g/mol. The van der Waals surface area contributed by atoms with Gasteiger partial charge < -0.3 is 19.0 Å². The van der Waals surface area contributed by atoms with E-state index in [4.69, 9.17) is 14.3 Å². The third-order valence-corrected chi connectivity index (χ3v) is 5.11. The minimum absolute atomic E-state index is 0.0232. The van der Waals surface area contributed by atoms with E-state index in [0.717, 1.165) is 38.5 Å². The van der Waals surface area contributed by atoms with Gasteiger partial charge in [0.05, 0.1) is 12.8 Å². The second kappa shape index (κ2) is 8.27. The molecular formula is C18H21F3N4O4. The van der Waals surface area contributed by atoms with Crippen LogP contribution in [-0.4, -0.2) is 68.7 Å². The number of hydrogen-bond donors (Lipinski definition) is 1. The largest absolute Gasteiger partial charge is 0.490 e. The van der Waals surface area contributed by atoms with E-state index >= 15 is 0 Å². The summed E-state index contributed by atoms with van der Waals surface area (Å²) < 4.78 is 39.0. The Labute approximate surface area is 164 Å². The van der Waals surface area contributed by atoms with E-state index in [9.17, 15) is 18.0 Å². The summed E-state index contributed by atoms with van der Waals surface area (Å²) >= 11 is 0. The number of halogens is 3. The second-order valence-corrected chi connectivity index (χ2v) is 7.16. The Morgan fingerprint density at radius 2 is 1.86 bits per heavy atom. The van der Waals surface area contributed by atoms with E-state index in [1.54, 1.807) is 18.4 Å². The zero-order valence-electron chi connectivity index (χ0n) is 15.7. The van der Waals surface area contributed by atoms with Gasteiger partial charge in [-0.15, -0.1) is 0 Å². The standard InChI is InChI=1S/C16H20N4O2.C2HF3O2/c1-18-5-4-17-15(18)11-19-7-12-9-20(10-13(12)8-19)16(21)14-3-2-6-22-14;3-2(4,5)1(6)7/h2-6,12-13H,7-11H2,1H3;(H,6,7)/t12-,13+;. The molecule has 29 heavy (non-hydrogen) atoms. The van der Waals surface area contributed by atoms with Crippen molar-refractivity contribution in [3.05, 3.63) is 42.4 Å². The smallest absolute Gasteiger partial charge is 0.475 e. The lowest BCUT2D eigenvalue weighted by atomic mass is 10.0. The molecule has 2 aliphatic heterocycles. The molecule has 4 rings (SSSR count). The first-order chi connectivity index (χ1) is 13.6. The molecule has 0 radical (unpaired) electrons. The third kappa shape index (κ3) is 4.97. The first kappa shape index (κ1) is 20.9. The quantitative estimate of drug-likeness (QED) is 0.824. The zero-order valence-corrected chi connectivity index (χ0v) is 15.7. The van der Waals surface area contributed by atoms with Gasteiger partial charge in [-0.1, -0.05) is 0 Å². The first-order valence-corrected chi connectivity index (χ1v) is 8.96. The fourth-order valence-electron chi connectivity index (χ4n) is 3.69. The van der Waals surface area contributed by atoms with Gasteiger partial charge in [0.2, 0.25) is 0 Å². The van der Waals surface area contributed by atoms with Crippen LogP contribution in [0.3, 0.4) is 0 Å². The Bertz CT molecular complexity index is 836. The summed E-state index contributed by atoms with van der Waals surface area (Å²) in [5.41, 5.74) is 0. The molecule has 158 valence electrons. The number of amides is 1. The maximum Gasteiger partial charge on any atom is 0.490 e. The molecule has 2 atom stereocenters. The van der Waals surface area contributed by atoms with Crippen molar-refractivity contribution in [3.63, 3.8) is 0 Å². The number of alkyl halides is 3. The number of nitrogens with zero attached hydrogens (tertiary/aromatic N) is 4. The second-order valence-electron chi connectivity index (χ2n) is 7.16. The number of likely N-dealkylation sites (tertiary alicyclic amines) is 2. The highest BCUT2D eigenvalue weighted by atomic mass is 19.4. The fourth-order valence-corrected chi connectivity index (χ4v) is 3.69. The number of aliphatic carboxylic acids is 1. The Morgan fingerprint density at radius 3 is 2.31 bits per heavy atom. The molecule has 1 amide bonds. The van der Waals surface area contributed by atoms with Crippen molar-refractivity contribution < 1.29 is 32.3 Å². The number of carboxylic acids is 1. The van der Waals surface area contributed by atoms with Gasteiger partial charge >= 0.3 is 12.1 Å². The summed E-state index contributed by atoms with van der Waals surface area (Å²) in [6.07, 6.45) is 0.296. The lowest BCUT2D eigenvalue weighted by molar-refractivity contribution is -0.192. The Hall–Kier alpha value is -2.82. The van der Waals surface area contributed by atoms with Crippen LogP contribution in [0.2, 0.25) is 0 Å². The van der Waals surface area contributed by atoms with E-state index in [0.29, 0.717) is 17.6 Å². The van der Waals surface area contributed by atoms with Crippen LogP contribution in [0.1, 0.15) is 16.4 Å². The van der Waals surface area contributed by atoms with Gasteiger partial charge in [-0.3, -0.25) is 9.69 Å². The minimum Gasteiger partial charge on any atom is -0.475 e. The molecule has 2 aromatic heterocycles. The maximum absolute atomic E-state index is 12.3. The molecule has 2 saturated heterocycles. The molecule has 0 spiro atoms. The number of hydrogen-bond acceptors (Lipinski definition) is 5. The van der Waals surface area contributed by atoms with Crippen LogP contribution in [0, 0.1) is 11.8 Å². The molecular weight excluding hydrogens is 393 g/mol. The van der Waals surface area contributed by atoms with Crippen LogP contribution in [-0.2, 0) is 18.4 Å². The number of aromatic nitrogens is 2. The monoisotopic (exact) mass is 414 g/mol. The number of fused-ring (bicyclic) bond motifs is 1. The van der Waals surface area contributed by atoms with Gasteiger partial charge in [0.1, 0.15) is 5.82 Å². The lowest BCUT2D eigenvalue weighted by Crippen LogP contribution is -2.33. The van der Waals surface area contributed by atoms with Crippen molar-refractivity contribution in [1.82, 2.24) is 19.4 Å². The number of carboxylic acid groups (broad SMARTS) is 1. The molecule has 0 aliphatic carbocycles. The third-order valence-electron chi connectivity index (χ3n) is 5.11. The zero-order chi connectivity index (χ0) is 21.2. The average Bonchev–Trinajstić information content (AvgIpc) is 3.39. The maximum atomic E-state index is 12.3. The Balaban J connectivity index is 0.000000298. The van der Waals surface area contributed by atoms with Crippen LogP contribution >= 0.6 is 0 Å². The molecule has 0 bridgehead atoms. The Kier molecular flexibility index (Phi) is 5.96. The number of furan rings is 1. The van der Waals surface area contributed by atoms with Gasteiger partial charge in [-0.25, -0.2) is 9.78 Å². The van der Waals surface area contributed by atoms with Crippen LogP contribution in [0.15, 0.2) is 35.2 Å². The normalized spacial score (nSPS) is 21.6. The summed E-state index contributed by atoms with van der Waals surface area (Å²) in [5.74, 6) is -0.0470. The van der Waals surface area contributed by atoms with Crippen molar-refractivity contribution >= 4 is 11.9 Å². The van der Waals surface area contributed by atoms with Crippen LogP contribution < -0.4 is 0 Å². The van der Waals surface area contributed by atoms with E-state index < -0.39 is 12.1 Å². The summed E-state index contributed by atoms with van der Waals surface area (Å²) in [7, 11) is 2.03. The van der Waals surface area contributed by atoms with Gasteiger partial charge in [0, 0.05) is 45.6 Å². The van der Waals surface area contributed by atoms with E-state index in [-0.39, 0.29) is 5.91 Å². The topological polar surface area (TPSA) is 91.8 Å². The summed E-state index contributed by atoms with van der Waals surface area (Å²) in [4.78, 5) is 30.0. The number of aryl methyl sites for hydroxylation is 1. The molecule has 8 nitrogen and oxygen atoms in total. The van der Waals surface area contributed by atoms with E-state index in [2.05, 4.69) is 14.5 Å². The van der Waals surface area contributed by atoms with E-state index in [1.165, 1.54) is 0 Å². The molecule has 0 aromatic carbocycles. The van der Waals surface area contributed by atoms with Crippen molar-refractivity contribution in [2.45, 2.75) is 12.7 Å². The number of rotatable bonds is 3. The van der Waals surface area contributed by atoms with Gasteiger partial charge in [-0.2, -0.15) is 13.2 Å². The molecule has 2 aromatic rings. The predicted octanol–water partition coefficient (Wildman–Crippen LogP) is 1.85. The lowest BCUT2D eigenvalue weighted by Gasteiger charge is -2.20. The Morgan fingerprint density at radius 1 is 1.24 bits per heavy atom. The van der Waals surface area contributed by atoms with Crippen molar-refractivity contribution in [2.24, 2.45) is 18.9 Å². The van der Waals surface area contributed by atoms with Crippen molar-refractivity contribution in [2.75, 3.05) is 26.2 Å². The fraction of sp³-hybridized carbons (Fsp3) is 0.500. The molecule has 0 unspecified atom stereocenters. The molecule has 2 aliphatic rings. The number of imidazole rings is 1. The van der Waals surface area contributed by atoms with Crippen molar-refractivity contribution in [3.8, 4) is 0 Å². The van der Waals surface area contributed by atoms with Crippen LogP contribution in [0.5, 0.6) is 0 Å². The SMILES string of the molecule is Cn1ccnc1CN1C[C@@H]2CN(C(=O)c3ccco3)C[C@@H]2C1.O=C(O)C(F)(F)F. The highest BCUT2D eigenvalue weighted by Gasteiger charge is 2.42. The van der Waals surface area contributed by atoms with Crippen LogP contribution in [0.25, 0.3) is 0 Å². The molecule has 1 N–H and O–H groups in total. The van der Waals surface area contributed by atoms with Gasteiger partial charge in [0.25, 0.3) is 5.91 Å². The number of carbonyl (C=O) groups excluding carboxylic acids is 1. The minimum atomic E-state index is -5.08. The van der Waals surface area contributed by atoms with Crippen molar-refractivity contribution in [1.29, 1.82) is 0 Å². The first-order valence-electron chi connectivity index (χ1n) is 8.96. The number of carbonyl (C=O) groups is 2. The highest BCUT2D eigenvalue weighted by Crippen LogP contribution is 2.32. The predicted molar refractivity (Wildman–Crippen MR) is 93.8 cm³/mol. The molecule has 4 heterocycles. The summed E-state index contributed by atoms with van der Waals surface area (Å²) in [6.45, 7) is 4.64. The summed E-state index contributed by atoms with van der Waals surface area (Å²) in [5, 5.41) is 7.12. The van der Waals surface area contributed by atoms with Gasteiger partial charge in [-0.05, 0) is 24.0 Å².